The first-order chi connectivity index (χ1) is 9.08. The Labute approximate surface area is 110 Å². The zero-order chi connectivity index (χ0) is 13.8. The summed E-state index contributed by atoms with van der Waals surface area (Å²) in [4.78, 5) is 11.8. The Bertz CT molecular complexity index is 594. The van der Waals surface area contributed by atoms with Gasteiger partial charge in [-0.15, -0.1) is 5.10 Å². The van der Waals surface area contributed by atoms with Crippen LogP contribution in [0.15, 0.2) is 24.4 Å². The second kappa shape index (κ2) is 5.49. The maximum atomic E-state index is 11.8. The Hall–Kier alpha value is -2.41. The van der Waals surface area contributed by atoms with E-state index in [-0.39, 0.29) is 18.2 Å². The van der Waals surface area contributed by atoms with E-state index in [1.165, 1.54) is 10.7 Å². The van der Waals surface area contributed by atoms with Gasteiger partial charge in [-0.2, -0.15) is 0 Å². The summed E-state index contributed by atoms with van der Waals surface area (Å²) in [6.07, 6.45) is 1.63. The predicted octanol–water partition coefficient (Wildman–Crippen LogP) is 0.390. The number of benzene rings is 1. The fraction of sp³-hybridized carbons (Fsp3) is 0.250. The first-order valence-electron chi connectivity index (χ1n) is 5.77. The van der Waals surface area contributed by atoms with Gasteiger partial charge in [0.25, 0.3) is 0 Å². The number of aromatic nitrogens is 3. The monoisotopic (exact) mass is 261 g/mol. The van der Waals surface area contributed by atoms with Crippen molar-refractivity contribution >= 4 is 11.6 Å². The third kappa shape index (κ3) is 3.29. The lowest BCUT2D eigenvalue weighted by molar-refractivity contribution is -0.116. The van der Waals surface area contributed by atoms with Crippen LogP contribution in [0.4, 0.5) is 5.69 Å². The standard InChI is InChI=1S/C12H15N5O2/c1-8-4-9(2-3-11(8)18)14-12(19)7-17-6-10(5-13)15-16-17/h2-4,6,18H,5,7,13H2,1H3,(H,14,19). The molecular formula is C12H15N5O2. The topological polar surface area (TPSA) is 106 Å². The molecule has 0 unspecified atom stereocenters. The summed E-state index contributed by atoms with van der Waals surface area (Å²) in [5.41, 5.74) is 7.36. The summed E-state index contributed by atoms with van der Waals surface area (Å²) in [5.74, 6) is -0.0274. The van der Waals surface area contributed by atoms with E-state index in [2.05, 4.69) is 15.6 Å². The Balaban J connectivity index is 1.98. The molecular weight excluding hydrogens is 246 g/mol. The van der Waals surface area contributed by atoms with E-state index in [0.29, 0.717) is 23.5 Å². The molecule has 0 radical (unpaired) electrons. The highest BCUT2D eigenvalue weighted by Crippen LogP contribution is 2.19. The van der Waals surface area contributed by atoms with Crippen molar-refractivity contribution in [3.8, 4) is 5.75 Å². The van der Waals surface area contributed by atoms with Gasteiger partial charge in [0.15, 0.2) is 0 Å². The summed E-state index contributed by atoms with van der Waals surface area (Å²) in [6.45, 7) is 2.11. The van der Waals surface area contributed by atoms with Crippen molar-refractivity contribution in [2.45, 2.75) is 20.0 Å². The van der Waals surface area contributed by atoms with Gasteiger partial charge in [-0.1, -0.05) is 5.21 Å². The van der Waals surface area contributed by atoms with Gasteiger partial charge in [0, 0.05) is 12.2 Å². The van der Waals surface area contributed by atoms with Crippen LogP contribution >= 0.6 is 0 Å². The van der Waals surface area contributed by atoms with Crippen LogP contribution in [0.5, 0.6) is 5.75 Å². The minimum absolute atomic E-state index is 0.0624. The summed E-state index contributed by atoms with van der Waals surface area (Å²) in [7, 11) is 0. The van der Waals surface area contributed by atoms with E-state index in [0.717, 1.165) is 0 Å². The number of phenolic OH excluding ortho intramolecular Hbond substituents is 1. The minimum atomic E-state index is -0.224. The average molecular weight is 261 g/mol. The highest BCUT2D eigenvalue weighted by atomic mass is 16.3. The van der Waals surface area contributed by atoms with Gasteiger partial charge >= 0.3 is 0 Å². The van der Waals surface area contributed by atoms with Crippen molar-refractivity contribution in [3.63, 3.8) is 0 Å². The number of hydrogen-bond donors (Lipinski definition) is 3. The highest BCUT2D eigenvalue weighted by molar-refractivity contribution is 5.90. The van der Waals surface area contributed by atoms with E-state index < -0.39 is 0 Å². The van der Waals surface area contributed by atoms with Gasteiger partial charge in [-0.3, -0.25) is 4.79 Å². The molecule has 1 aromatic heterocycles. The normalized spacial score (nSPS) is 10.4. The number of rotatable bonds is 4. The molecule has 0 aliphatic rings. The van der Waals surface area contributed by atoms with Crippen molar-refractivity contribution < 1.29 is 9.90 Å². The Kier molecular flexibility index (Phi) is 3.76. The molecule has 7 nitrogen and oxygen atoms in total. The van der Waals surface area contributed by atoms with Crippen LogP contribution in [-0.4, -0.2) is 26.0 Å². The maximum absolute atomic E-state index is 11.8. The van der Waals surface area contributed by atoms with Gasteiger partial charge in [0.1, 0.15) is 12.3 Å². The third-order valence-electron chi connectivity index (χ3n) is 2.58. The third-order valence-corrected chi connectivity index (χ3v) is 2.58. The van der Waals surface area contributed by atoms with Gasteiger partial charge in [-0.25, -0.2) is 4.68 Å². The fourth-order valence-corrected chi connectivity index (χ4v) is 1.59. The van der Waals surface area contributed by atoms with Crippen LogP contribution < -0.4 is 11.1 Å². The number of carbonyl (C=O) groups is 1. The maximum Gasteiger partial charge on any atom is 0.246 e. The predicted molar refractivity (Wildman–Crippen MR) is 69.4 cm³/mol. The number of aryl methyl sites for hydroxylation is 1. The molecule has 2 rings (SSSR count). The highest BCUT2D eigenvalue weighted by Gasteiger charge is 2.07. The first-order valence-corrected chi connectivity index (χ1v) is 5.77. The summed E-state index contributed by atoms with van der Waals surface area (Å²) < 4.78 is 1.42. The van der Waals surface area contributed by atoms with Gasteiger partial charge < -0.3 is 16.2 Å². The smallest absolute Gasteiger partial charge is 0.246 e. The molecule has 0 fully saturated rings. The molecule has 19 heavy (non-hydrogen) atoms. The molecule has 0 atom stereocenters. The molecule has 1 heterocycles. The molecule has 100 valence electrons. The zero-order valence-electron chi connectivity index (χ0n) is 10.5. The van der Waals surface area contributed by atoms with Crippen LogP contribution in [0.25, 0.3) is 0 Å². The van der Waals surface area contributed by atoms with Crippen LogP contribution in [0.3, 0.4) is 0 Å². The number of nitrogens with one attached hydrogen (secondary N) is 1. The molecule has 0 aliphatic carbocycles. The number of nitrogens with two attached hydrogens (primary N) is 1. The first kappa shape index (κ1) is 13.0. The van der Waals surface area contributed by atoms with E-state index in [9.17, 15) is 9.90 Å². The van der Waals surface area contributed by atoms with Crippen molar-refractivity contribution in [1.82, 2.24) is 15.0 Å². The molecule has 0 aliphatic heterocycles. The Morgan fingerprint density at radius 2 is 2.32 bits per heavy atom. The Morgan fingerprint density at radius 3 is 2.95 bits per heavy atom. The van der Waals surface area contributed by atoms with Gasteiger partial charge in [-0.05, 0) is 30.7 Å². The van der Waals surface area contributed by atoms with Crippen LogP contribution in [-0.2, 0) is 17.9 Å². The van der Waals surface area contributed by atoms with Crippen molar-refractivity contribution in [3.05, 3.63) is 35.7 Å². The largest absolute Gasteiger partial charge is 0.508 e. The molecule has 2 aromatic rings. The molecule has 1 amide bonds. The van der Waals surface area contributed by atoms with Crippen molar-refractivity contribution in [2.24, 2.45) is 5.73 Å². The molecule has 7 heteroatoms. The van der Waals surface area contributed by atoms with E-state index in [4.69, 9.17) is 5.73 Å². The second-order valence-electron chi connectivity index (χ2n) is 4.16. The summed E-state index contributed by atoms with van der Waals surface area (Å²) in [5, 5.41) is 19.7. The number of aromatic hydroxyl groups is 1. The van der Waals surface area contributed by atoms with Gasteiger partial charge in [0.2, 0.25) is 5.91 Å². The molecule has 0 spiro atoms. The van der Waals surface area contributed by atoms with E-state index >= 15 is 0 Å². The summed E-state index contributed by atoms with van der Waals surface area (Å²) >= 11 is 0. The zero-order valence-corrected chi connectivity index (χ0v) is 10.5. The SMILES string of the molecule is Cc1cc(NC(=O)Cn2cc(CN)nn2)ccc1O. The number of amides is 1. The molecule has 0 saturated carbocycles. The van der Waals surface area contributed by atoms with Crippen LogP contribution in [0.2, 0.25) is 0 Å². The Morgan fingerprint density at radius 1 is 1.53 bits per heavy atom. The molecule has 0 bridgehead atoms. The minimum Gasteiger partial charge on any atom is -0.508 e. The number of hydrogen-bond acceptors (Lipinski definition) is 5. The fourth-order valence-electron chi connectivity index (χ4n) is 1.59. The van der Waals surface area contributed by atoms with Crippen LogP contribution in [0.1, 0.15) is 11.3 Å². The van der Waals surface area contributed by atoms with Crippen molar-refractivity contribution in [2.75, 3.05) is 5.32 Å². The lowest BCUT2D eigenvalue weighted by atomic mass is 10.2. The molecule has 1 aromatic carbocycles. The number of nitrogens with zero attached hydrogens (tertiary/aromatic N) is 3. The summed E-state index contributed by atoms with van der Waals surface area (Å²) in [6, 6.07) is 4.86. The average Bonchev–Trinajstić information content (AvgIpc) is 2.81. The number of anilines is 1. The van der Waals surface area contributed by atoms with E-state index in [1.807, 2.05) is 0 Å². The number of phenols is 1. The lowest BCUT2D eigenvalue weighted by Crippen LogP contribution is -2.19. The van der Waals surface area contributed by atoms with Gasteiger partial charge in [0.05, 0.1) is 11.9 Å². The second-order valence-corrected chi connectivity index (χ2v) is 4.16. The van der Waals surface area contributed by atoms with Crippen LogP contribution in [0, 0.1) is 6.92 Å². The molecule has 0 saturated heterocycles. The number of carbonyl (C=O) groups excluding carboxylic acids is 1. The quantitative estimate of drug-likeness (QED) is 0.690. The van der Waals surface area contributed by atoms with E-state index in [1.54, 1.807) is 25.3 Å². The van der Waals surface area contributed by atoms with Crippen molar-refractivity contribution in [1.29, 1.82) is 0 Å². The molecule has 4 N–H and O–H groups in total. The lowest BCUT2D eigenvalue weighted by Gasteiger charge is -2.06.